The first-order chi connectivity index (χ1) is 10.2. The van der Waals surface area contributed by atoms with Crippen LogP contribution in [0.5, 0.6) is 0 Å². The minimum absolute atomic E-state index is 0.348. The lowest BCUT2D eigenvalue weighted by Gasteiger charge is -2.20. The van der Waals surface area contributed by atoms with Crippen molar-refractivity contribution in [2.45, 2.75) is 61.7 Å². The summed E-state index contributed by atoms with van der Waals surface area (Å²) in [7, 11) is 0. The molecule has 2 rings (SSSR count). The van der Waals surface area contributed by atoms with Crippen molar-refractivity contribution in [2.75, 3.05) is 5.32 Å². The lowest BCUT2D eigenvalue weighted by molar-refractivity contribution is -0.119. The number of hydrogen-bond donors (Lipinski definition) is 3. The van der Waals surface area contributed by atoms with E-state index in [2.05, 4.69) is 26.1 Å². The second-order valence-corrected chi connectivity index (χ2v) is 8.81. The summed E-state index contributed by atoms with van der Waals surface area (Å²) in [6.07, 6.45) is 2.34. The maximum absolute atomic E-state index is 12.0. The third-order valence-corrected chi connectivity index (χ3v) is 4.72. The summed E-state index contributed by atoms with van der Waals surface area (Å²) in [4.78, 5) is 23.7. The van der Waals surface area contributed by atoms with Crippen molar-refractivity contribution in [2.24, 2.45) is 0 Å². The number of aromatic nitrogens is 2. The molecule has 7 nitrogen and oxygen atoms in total. The zero-order chi connectivity index (χ0) is 16.3. The molecule has 0 aliphatic heterocycles. The van der Waals surface area contributed by atoms with Gasteiger partial charge >= 0.3 is 6.03 Å². The molecule has 9 heteroatoms. The van der Waals surface area contributed by atoms with Crippen LogP contribution in [0.15, 0.2) is 4.34 Å². The van der Waals surface area contributed by atoms with Crippen LogP contribution in [0.2, 0.25) is 0 Å². The van der Waals surface area contributed by atoms with Gasteiger partial charge in [-0.15, -0.1) is 10.2 Å². The number of amides is 3. The average Bonchev–Trinajstić information content (AvgIpc) is 3.06. The fraction of sp³-hybridized carbons (Fsp3) is 0.692. The van der Waals surface area contributed by atoms with Gasteiger partial charge in [-0.05, 0) is 40.5 Å². The summed E-state index contributed by atoms with van der Waals surface area (Å²) < 4.78 is 0.710. The normalized spacial score (nSPS) is 16.0. The Hall–Kier alpha value is -1.35. The number of carbonyl (C=O) groups is 2. The highest BCUT2D eigenvalue weighted by atomic mass is 32.2. The van der Waals surface area contributed by atoms with E-state index in [0.717, 1.165) is 5.13 Å². The Labute approximate surface area is 138 Å². The Morgan fingerprint density at radius 3 is 2.59 bits per heavy atom. The highest BCUT2D eigenvalue weighted by Crippen LogP contribution is 2.31. The Morgan fingerprint density at radius 1 is 1.32 bits per heavy atom. The van der Waals surface area contributed by atoms with E-state index in [1.165, 1.54) is 35.9 Å². The predicted molar refractivity (Wildman–Crippen MR) is 88.3 cm³/mol. The van der Waals surface area contributed by atoms with Gasteiger partial charge in [0.2, 0.25) is 11.0 Å². The SMILES string of the molecule is C[C@@H](Sc1nnc(NC2CC2)s1)C(=O)NC(=O)NC(C)(C)C. The lowest BCUT2D eigenvalue weighted by Crippen LogP contribution is -2.49. The standard InChI is InChI=1S/C13H21N5O2S2/c1-7(9(19)15-10(20)16-13(2,3)4)21-12-18-17-11(22-12)14-8-5-6-8/h7-8H,5-6H2,1-4H3,(H,14,17)(H2,15,16,19,20)/t7-/m1/s1. The molecule has 1 atom stereocenters. The minimum atomic E-state index is -0.488. The van der Waals surface area contributed by atoms with Crippen LogP contribution >= 0.6 is 23.1 Å². The summed E-state index contributed by atoms with van der Waals surface area (Å²) in [5.41, 5.74) is -0.386. The summed E-state index contributed by atoms with van der Waals surface area (Å²) in [6.45, 7) is 7.29. The molecule has 0 aromatic carbocycles. The van der Waals surface area contributed by atoms with Gasteiger partial charge in [0, 0.05) is 11.6 Å². The van der Waals surface area contributed by atoms with E-state index in [1.54, 1.807) is 6.92 Å². The van der Waals surface area contributed by atoms with Gasteiger partial charge in [0.15, 0.2) is 4.34 Å². The molecule has 1 fully saturated rings. The van der Waals surface area contributed by atoms with Crippen LogP contribution in [0.25, 0.3) is 0 Å². The van der Waals surface area contributed by atoms with E-state index in [4.69, 9.17) is 0 Å². The molecule has 0 spiro atoms. The molecule has 1 saturated carbocycles. The molecule has 22 heavy (non-hydrogen) atoms. The Bertz CT molecular complexity index is 551. The highest BCUT2D eigenvalue weighted by molar-refractivity contribution is 8.02. The number of urea groups is 1. The van der Waals surface area contributed by atoms with Crippen LogP contribution < -0.4 is 16.0 Å². The van der Waals surface area contributed by atoms with Crippen molar-refractivity contribution in [3.63, 3.8) is 0 Å². The second kappa shape index (κ2) is 6.82. The zero-order valence-electron chi connectivity index (χ0n) is 13.1. The number of nitrogens with one attached hydrogen (secondary N) is 3. The molecule has 122 valence electrons. The van der Waals surface area contributed by atoms with Crippen molar-refractivity contribution in [3.05, 3.63) is 0 Å². The number of hydrogen-bond acceptors (Lipinski definition) is 7. The first-order valence-electron chi connectivity index (χ1n) is 7.12. The van der Waals surface area contributed by atoms with Crippen LogP contribution in [0, 0.1) is 0 Å². The third kappa shape index (κ3) is 5.80. The number of anilines is 1. The minimum Gasteiger partial charge on any atom is -0.357 e. The molecular weight excluding hydrogens is 322 g/mol. The van der Waals surface area contributed by atoms with E-state index < -0.39 is 11.3 Å². The fourth-order valence-electron chi connectivity index (χ4n) is 1.51. The maximum atomic E-state index is 12.0. The number of rotatable bonds is 5. The van der Waals surface area contributed by atoms with Crippen LogP contribution in [-0.4, -0.2) is 39.0 Å². The van der Waals surface area contributed by atoms with Crippen molar-refractivity contribution in [1.29, 1.82) is 0 Å². The summed E-state index contributed by atoms with van der Waals surface area (Å²) >= 11 is 2.72. The lowest BCUT2D eigenvalue weighted by atomic mass is 10.1. The van der Waals surface area contributed by atoms with Crippen molar-refractivity contribution >= 4 is 40.2 Å². The van der Waals surface area contributed by atoms with Crippen LogP contribution in [-0.2, 0) is 4.79 Å². The Morgan fingerprint density at radius 2 is 2.00 bits per heavy atom. The van der Waals surface area contributed by atoms with E-state index in [1.807, 2.05) is 20.8 Å². The van der Waals surface area contributed by atoms with E-state index >= 15 is 0 Å². The van der Waals surface area contributed by atoms with Gasteiger partial charge in [0.05, 0.1) is 5.25 Å². The first kappa shape index (κ1) is 17.0. The Kier molecular flexibility index (Phi) is 5.28. The molecule has 3 amide bonds. The van der Waals surface area contributed by atoms with Crippen LogP contribution in [0.4, 0.5) is 9.93 Å². The molecule has 1 heterocycles. The second-order valence-electron chi connectivity index (χ2n) is 6.25. The van der Waals surface area contributed by atoms with E-state index in [0.29, 0.717) is 10.4 Å². The van der Waals surface area contributed by atoms with Gasteiger partial charge < -0.3 is 10.6 Å². The molecule has 1 aromatic rings. The van der Waals surface area contributed by atoms with Crippen molar-refractivity contribution in [1.82, 2.24) is 20.8 Å². The molecule has 1 aliphatic rings. The van der Waals surface area contributed by atoms with Gasteiger partial charge in [0.25, 0.3) is 0 Å². The highest BCUT2D eigenvalue weighted by Gasteiger charge is 2.24. The summed E-state index contributed by atoms with van der Waals surface area (Å²) in [5.74, 6) is -0.348. The summed E-state index contributed by atoms with van der Waals surface area (Å²) in [6, 6.07) is 0.0333. The predicted octanol–water partition coefficient (Wildman–Crippen LogP) is 2.22. The van der Waals surface area contributed by atoms with E-state index in [-0.39, 0.29) is 11.4 Å². The molecule has 1 aromatic heterocycles. The van der Waals surface area contributed by atoms with Crippen LogP contribution in [0.1, 0.15) is 40.5 Å². The monoisotopic (exact) mass is 343 g/mol. The molecule has 0 bridgehead atoms. The van der Waals surface area contributed by atoms with Crippen molar-refractivity contribution in [3.8, 4) is 0 Å². The van der Waals surface area contributed by atoms with Gasteiger partial charge in [-0.25, -0.2) is 4.79 Å². The van der Waals surface area contributed by atoms with Gasteiger partial charge in [-0.2, -0.15) is 0 Å². The number of imide groups is 1. The molecule has 1 aliphatic carbocycles. The third-order valence-electron chi connectivity index (χ3n) is 2.68. The molecule has 0 saturated heterocycles. The van der Waals surface area contributed by atoms with Crippen molar-refractivity contribution < 1.29 is 9.59 Å². The topological polar surface area (TPSA) is 96.0 Å². The van der Waals surface area contributed by atoms with Crippen LogP contribution in [0.3, 0.4) is 0 Å². The molecule has 0 radical (unpaired) electrons. The molecular formula is C13H21N5O2S2. The molecule has 3 N–H and O–H groups in total. The van der Waals surface area contributed by atoms with Gasteiger partial charge in [0.1, 0.15) is 0 Å². The van der Waals surface area contributed by atoms with Gasteiger partial charge in [-0.3, -0.25) is 10.1 Å². The first-order valence-corrected chi connectivity index (χ1v) is 8.82. The zero-order valence-corrected chi connectivity index (χ0v) is 14.7. The van der Waals surface area contributed by atoms with Gasteiger partial charge in [-0.1, -0.05) is 23.1 Å². The largest absolute Gasteiger partial charge is 0.357 e. The maximum Gasteiger partial charge on any atom is 0.321 e. The number of carbonyl (C=O) groups excluding carboxylic acids is 2. The smallest absolute Gasteiger partial charge is 0.321 e. The van der Waals surface area contributed by atoms with E-state index in [9.17, 15) is 9.59 Å². The number of thioether (sulfide) groups is 1. The quantitative estimate of drug-likeness (QED) is 0.710. The summed E-state index contributed by atoms with van der Waals surface area (Å²) in [5, 5.41) is 16.7. The average molecular weight is 343 g/mol. The Balaban J connectivity index is 1.80. The molecule has 0 unspecified atom stereocenters. The number of nitrogens with zero attached hydrogens (tertiary/aromatic N) is 2. The fourth-order valence-corrected chi connectivity index (χ4v) is 3.48.